The van der Waals surface area contributed by atoms with E-state index in [1.807, 2.05) is 0 Å². The molecule has 0 unspecified atom stereocenters. The summed E-state index contributed by atoms with van der Waals surface area (Å²) in [5.74, 6) is -6.06. The number of aliphatic carboxylic acids is 1. The molecule has 1 amide bonds. The SMILES string of the molecule is O=C(O)Cc1csc(NC(=O)c2c(F)cc(F)cc2F)n1. The molecule has 0 spiro atoms. The lowest BCUT2D eigenvalue weighted by atomic mass is 10.2. The van der Waals surface area contributed by atoms with Crippen LogP contribution in [0.3, 0.4) is 0 Å². The Kier molecular flexibility index (Phi) is 4.22. The van der Waals surface area contributed by atoms with Crippen LogP contribution in [0.4, 0.5) is 18.3 Å². The summed E-state index contributed by atoms with van der Waals surface area (Å²) in [7, 11) is 0. The van der Waals surface area contributed by atoms with Crippen molar-refractivity contribution in [2.45, 2.75) is 6.42 Å². The van der Waals surface area contributed by atoms with Gasteiger partial charge in [-0.15, -0.1) is 11.3 Å². The van der Waals surface area contributed by atoms with Gasteiger partial charge in [0.15, 0.2) is 5.13 Å². The van der Waals surface area contributed by atoms with E-state index in [0.717, 1.165) is 11.3 Å². The van der Waals surface area contributed by atoms with Gasteiger partial charge >= 0.3 is 5.97 Å². The highest BCUT2D eigenvalue weighted by Crippen LogP contribution is 2.20. The van der Waals surface area contributed by atoms with Crippen molar-refractivity contribution in [3.63, 3.8) is 0 Å². The van der Waals surface area contributed by atoms with E-state index in [1.165, 1.54) is 5.38 Å². The van der Waals surface area contributed by atoms with Gasteiger partial charge in [0.1, 0.15) is 23.0 Å². The average molecular weight is 316 g/mol. The Hall–Kier alpha value is -2.42. The molecule has 0 aliphatic heterocycles. The number of nitrogens with one attached hydrogen (secondary N) is 1. The molecular weight excluding hydrogens is 309 g/mol. The first-order valence-electron chi connectivity index (χ1n) is 5.49. The van der Waals surface area contributed by atoms with E-state index in [4.69, 9.17) is 5.11 Å². The fraction of sp³-hybridized carbons (Fsp3) is 0.0833. The summed E-state index contributed by atoms with van der Waals surface area (Å²) >= 11 is 0.904. The molecule has 0 fully saturated rings. The highest BCUT2D eigenvalue weighted by atomic mass is 32.1. The molecule has 0 radical (unpaired) electrons. The molecule has 2 rings (SSSR count). The smallest absolute Gasteiger partial charge is 0.309 e. The topological polar surface area (TPSA) is 79.3 Å². The average Bonchev–Trinajstić information content (AvgIpc) is 2.73. The molecule has 5 nitrogen and oxygen atoms in total. The predicted octanol–water partition coefficient (Wildman–Crippen LogP) is 2.44. The van der Waals surface area contributed by atoms with Crippen LogP contribution in [0.5, 0.6) is 0 Å². The van der Waals surface area contributed by atoms with Crippen molar-refractivity contribution in [1.29, 1.82) is 0 Å². The molecule has 0 atom stereocenters. The second-order valence-corrected chi connectivity index (χ2v) is 4.77. The number of carbonyl (C=O) groups excluding carboxylic acids is 1. The third-order valence-corrected chi connectivity index (χ3v) is 3.15. The Bertz CT molecular complexity index is 695. The van der Waals surface area contributed by atoms with E-state index in [9.17, 15) is 22.8 Å². The van der Waals surface area contributed by atoms with Crippen LogP contribution in [-0.2, 0) is 11.2 Å². The number of carboxylic acid groups (broad SMARTS) is 1. The van der Waals surface area contributed by atoms with Crippen molar-refractivity contribution in [3.05, 3.63) is 46.2 Å². The number of carbonyl (C=O) groups is 2. The zero-order chi connectivity index (χ0) is 15.6. The van der Waals surface area contributed by atoms with Crippen LogP contribution >= 0.6 is 11.3 Å². The minimum absolute atomic E-state index is 0.0145. The van der Waals surface area contributed by atoms with Crippen molar-refractivity contribution < 1.29 is 27.9 Å². The lowest BCUT2D eigenvalue weighted by molar-refractivity contribution is -0.136. The summed E-state index contributed by atoms with van der Waals surface area (Å²) in [6.07, 6.45) is -0.342. The number of carboxylic acids is 1. The van der Waals surface area contributed by atoms with E-state index >= 15 is 0 Å². The molecule has 110 valence electrons. The number of amides is 1. The molecule has 2 aromatic rings. The van der Waals surface area contributed by atoms with Gasteiger partial charge in [0.2, 0.25) is 0 Å². The van der Waals surface area contributed by atoms with Gasteiger partial charge in [-0.2, -0.15) is 0 Å². The van der Waals surface area contributed by atoms with Crippen molar-refractivity contribution in [3.8, 4) is 0 Å². The van der Waals surface area contributed by atoms with Crippen LogP contribution in [0.1, 0.15) is 16.1 Å². The third kappa shape index (κ3) is 3.57. The molecular formula is C12H7F3N2O3S. The first-order valence-corrected chi connectivity index (χ1v) is 6.37. The van der Waals surface area contributed by atoms with Crippen molar-refractivity contribution in [2.24, 2.45) is 0 Å². The van der Waals surface area contributed by atoms with E-state index in [0.29, 0.717) is 12.1 Å². The van der Waals surface area contributed by atoms with Crippen molar-refractivity contribution in [2.75, 3.05) is 5.32 Å². The molecule has 0 aliphatic carbocycles. The summed E-state index contributed by atoms with van der Waals surface area (Å²) < 4.78 is 39.6. The van der Waals surface area contributed by atoms with Gasteiger partial charge in [-0.1, -0.05) is 0 Å². The van der Waals surface area contributed by atoms with Crippen LogP contribution < -0.4 is 5.32 Å². The first-order chi connectivity index (χ1) is 9.86. The first kappa shape index (κ1) is 15.0. The Labute approximate surface area is 120 Å². The number of rotatable bonds is 4. The predicted molar refractivity (Wildman–Crippen MR) is 67.7 cm³/mol. The zero-order valence-corrected chi connectivity index (χ0v) is 11.0. The minimum atomic E-state index is -1.34. The summed E-state index contributed by atoms with van der Waals surface area (Å²) in [6, 6.07) is 0.769. The van der Waals surface area contributed by atoms with Crippen LogP contribution in [0.15, 0.2) is 17.5 Å². The fourth-order valence-electron chi connectivity index (χ4n) is 1.52. The number of benzene rings is 1. The largest absolute Gasteiger partial charge is 0.481 e. The van der Waals surface area contributed by atoms with Gasteiger partial charge in [0.05, 0.1) is 12.1 Å². The van der Waals surface area contributed by atoms with E-state index in [2.05, 4.69) is 10.3 Å². The van der Waals surface area contributed by atoms with Gasteiger partial charge < -0.3 is 5.11 Å². The van der Waals surface area contributed by atoms with Gasteiger partial charge in [-0.3, -0.25) is 14.9 Å². The number of aromatic nitrogens is 1. The number of hydrogen-bond donors (Lipinski definition) is 2. The molecule has 1 aromatic carbocycles. The quantitative estimate of drug-likeness (QED) is 0.908. The highest BCUT2D eigenvalue weighted by Gasteiger charge is 2.20. The Morgan fingerprint density at radius 2 is 1.86 bits per heavy atom. The maximum absolute atomic E-state index is 13.4. The summed E-state index contributed by atoms with van der Waals surface area (Å²) in [5, 5.41) is 12.1. The molecule has 1 heterocycles. The molecule has 2 N–H and O–H groups in total. The summed E-state index contributed by atoms with van der Waals surface area (Å²) in [6.45, 7) is 0. The molecule has 0 bridgehead atoms. The molecule has 0 saturated heterocycles. The lowest BCUT2D eigenvalue weighted by Crippen LogP contribution is -2.16. The van der Waals surface area contributed by atoms with E-state index in [-0.39, 0.29) is 17.2 Å². The third-order valence-electron chi connectivity index (χ3n) is 2.34. The van der Waals surface area contributed by atoms with Crippen LogP contribution in [0.25, 0.3) is 0 Å². The lowest BCUT2D eigenvalue weighted by Gasteiger charge is -2.04. The number of hydrogen-bond acceptors (Lipinski definition) is 4. The maximum Gasteiger partial charge on any atom is 0.309 e. The normalized spacial score (nSPS) is 10.4. The zero-order valence-electron chi connectivity index (χ0n) is 10.2. The van der Waals surface area contributed by atoms with Crippen molar-refractivity contribution >= 4 is 28.3 Å². The fourth-order valence-corrected chi connectivity index (χ4v) is 2.22. The van der Waals surface area contributed by atoms with Gasteiger partial charge in [-0.25, -0.2) is 18.2 Å². The Morgan fingerprint density at radius 3 is 2.43 bits per heavy atom. The van der Waals surface area contributed by atoms with Crippen LogP contribution in [-0.4, -0.2) is 22.0 Å². The second kappa shape index (κ2) is 5.92. The molecule has 21 heavy (non-hydrogen) atoms. The van der Waals surface area contributed by atoms with Gasteiger partial charge in [0, 0.05) is 17.5 Å². The molecule has 1 aromatic heterocycles. The Morgan fingerprint density at radius 1 is 1.24 bits per heavy atom. The number of halogens is 3. The molecule has 9 heteroatoms. The maximum atomic E-state index is 13.4. The summed E-state index contributed by atoms with van der Waals surface area (Å²) in [5.41, 5.74) is -0.741. The molecule has 0 saturated carbocycles. The second-order valence-electron chi connectivity index (χ2n) is 3.91. The minimum Gasteiger partial charge on any atom is -0.481 e. The highest BCUT2D eigenvalue weighted by molar-refractivity contribution is 7.14. The molecule has 0 aliphatic rings. The standard InChI is InChI=1S/C12H7F3N2O3S/c13-5-1-7(14)10(8(15)2-5)11(20)17-12-16-6(4-21-12)3-9(18)19/h1-2,4H,3H2,(H,18,19)(H,16,17,20). The monoisotopic (exact) mass is 316 g/mol. The summed E-state index contributed by atoms with van der Waals surface area (Å²) in [4.78, 5) is 26.0. The number of nitrogens with zero attached hydrogens (tertiary/aromatic N) is 1. The Balaban J connectivity index is 2.18. The number of anilines is 1. The number of thiazole rings is 1. The van der Waals surface area contributed by atoms with Crippen LogP contribution in [0, 0.1) is 17.5 Å². The van der Waals surface area contributed by atoms with E-state index in [1.54, 1.807) is 0 Å². The van der Waals surface area contributed by atoms with E-state index < -0.39 is 34.9 Å². The van der Waals surface area contributed by atoms with Crippen molar-refractivity contribution in [1.82, 2.24) is 4.98 Å². The van der Waals surface area contributed by atoms with Gasteiger partial charge in [-0.05, 0) is 0 Å². The van der Waals surface area contributed by atoms with Gasteiger partial charge in [0.25, 0.3) is 5.91 Å². The van der Waals surface area contributed by atoms with Crippen LogP contribution in [0.2, 0.25) is 0 Å².